The first-order chi connectivity index (χ1) is 0. The molecule has 23 valence electrons. The van der Waals surface area contributed by atoms with Crippen LogP contribution in [-0.2, 0) is 22.4 Å². The standard InChI is InChI=1S/Au.3Pb. The van der Waals surface area contributed by atoms with Gasteiger partial charge in [0, 0.05) is 104 Å². The van der Waals surface area contributed by atoms with Crippen molar-refractivity contribution in [3.63, 3.8) is 0 Å². The van der Waals surface area contributed by atoms with E-state index in [1.165, 1.54) is 0 Å². The fourth-order valence-electron chi connectivity index (χ4n) is 0. The fraction of sp³-hybridized carbons (Fsp3) is 0. The maximum absolute atomic E-state index is 0. The quantitative estimate of drug-likeness (QED) is 0.272. The van der Waals surface area contributed by atoms with E-state index in [-0.39, 0.29) is 104 Å². The molecule has 0 fully saturated rings. The van der Waals surface area contributed by atoms with Gasteiger partial charge in [0.05, 0.1) is 0 Å². The van der Waals surface area contributed by atoms with Gasteiger partial charge in [0.2, 0.25) is 0 Å². The van der Waals surface area contributed by atoms with Crippen LogP contribution in [0.15, 0.2) is 0 Å². The Morgan fingerprint density at radius 3 is 0.500 bits per heavy atom. The molecule has 0 aromatic carbocycles. The van der Waals surface area contributed by atoms with E-state index in [0.717, 1.165) is 0 Å². The summed E-state index contributed by atoms with van der Waals surface area (Å²) in [7, 11) is 0. The molecule has 0 atom stereocenters. The molecule has 0 saturated carbocycles. The zero-order valence-corrected chi connectivity index (χ0v) is 15.6. The summed E-state index contributed by atoms with van der Waals surface area (Å²) < 4.78 is 0. The van der Waals surface area contributed by atoms with Gasteiger partial charge in [-0.25, -0.2) is 0 Å². The van der Waals surface area contributed by atoms with Gasteiger partial charge in [0.1, 0.15) is 0 Å². The van der Waals surface area contributed by atoms with Crippen LogP contribution >= 0.6 is 0 Å². The minimum atomic E-state index is 0. The van der Waals surface area contributed by atoms with Gasteiger partial charge in [-0.2, -0.15) is 0 Å². The number of hydrogen-bond acceptors (Lipinski definition) is 0. The first-order valence-electron chi connectivity index (χ1n) is 0. The maximum Gasteiger partial charge on any atom is 0 e. The molecule has 0 aliphatic carbocycles. The minimum absolute atomic E-state index is 0. The predicted octanol–water partition coefficient (Wildman–Crippen LogP) is -1.14. The van der Waals surface area contributed by atoms with Gasteiger partial charge in [0.15, 0.2) is 0 Å². The van der Waals surface area contributed by atoms with Gasteiger partial charge < -0.3 is 0 Å². The molecule has 0 rings (SSSR count). The van der Waals surface area contributed by atoms with Gasteiger partial charge in [-0.1, -0.05) is 0 Å². The molecule has 0 aliphatic heterocycles. The molecule has 4 heavy (non-hydrogen) atoms. The van der Waals surface area contributed by atoms with E-state index in [0.29, 0.717) is 0 Å². The van der Waals surface area contributed by atoms with Gasteiger partial charge in [-0.3, -0.25) is 0 Å². The van der Waals surface area contributed by atoms with Crippen molar-refractivity contribution in [1.29, 1.82) is 0 Å². The van der Waals surface area contributed by atoms with E-state index >= 15 is 0 Å². The number of rotatable bonds is 0. The van der Waals surface area contributed by atoms with E-state index in [9.17, 15) is 0 Å². The number of hydrogen-bond donors (Lipinski definition) is 0. The third kappa shape index (κ3) is 9.10. The van der Waals surface area contributed by atoms with E-state index in [4.69, 9.17) is 0 Å². The van der Waals surface area contributed by atoms with Crippen molar-refractivity contribution in [1.82, 2.24) is 0 Å². The normalized spacial score (nSPS) is 0. The molecule has 0 bridgehead atoms. The summed E-state index contributed by atoms with van der Waals surface area (Å²) in [6.07, 6.45) is 0. The second-order valence-corrected chi connectivity index (χ2v) is 0. The summed E-state index contributed by atoms with van der Waals surface area (Å²) >= 11 is 0. The Labute approximate surface area is 102 Å². The summed E-state index contributed by atoms with van der Waals surface area (Å²) in [6.45, 7) is 0. The molecular weight excluding hydrogens is 819 g/mol. The molecule has 0 nitrogen and oxygen atoms in total. The Bertz CT molecular complexity index is 3.25. The van der Waals surface area contributed by atoms with Crippen molar-refractivity contribution in [3.8, 4) is 0 Å². The van der Waals surface area contributed by atoms with Crippen LogP contribution in [0.5, 0.6) is 0 Å². The first kappa shape index (κ1) is 25.8. The van der Waals surface area contributed by atoms with Crippen LogP contribution in [0.1, 0.15) is 0 Å². The largest absolute Gasteiger partial charge is 0 e. The summed E-state index contributed by atoms with van der Waals surface area (Å²) in [5.41, 5.74) is 0. The molecule has 13 radical (unpaired) electrons. The first-order valence-corrected chi connectivity index (χ1v) is 0. The topological polar surface area (TPSA) is 0 Å². The smallest absolute Gasteiger partial charge is 0 e. The molecule has 0 aromatic rings. The summed E-state index contributed by atoms with van der Waals surface area (Å²) in [5, 5.41) is 0. The van der Waals surface area contributed by atoms with Crippen molar-refractivity contribution in [3.05, 3.63) is 0 Å². The van der Waals surface area contributed by atoms with E-state index in [1.54, 1.807) is 0 Å². The van der Waals surface area contributed by atoms with Crippen LogP contribution in [0.4, 0.5) is 0 Å². The van der Waals surface area contributed by atoms with E-state index in [1.807, 2.05) is 0 Å². The van der Waals surface area contributed by atoms with E-state index in [2.05, 4.69) is 0 Å². The van der Waals surface area contributed by atoms with Crippen LogP contribution in [0.3, 0.4) is 0 Å². The van der Waals surface area contributed by atoms with Gasteiger partial charge >= 0.3 is 0 Å². The van der Waals surface area contributed by atoms with Crippen molar-refractivity contribution in [2.24, 2.45) is 0 Å². The Hall–Kier alpha value is 3.51. The second-order valence-electron chi connectivity index (χ2n) is 0. The van der Waals surface area contributed by atoms with Crippen LogP contribution in [0, 0.1) is 0 Å². The zero-order valence-electron chi connectivity index (χ0n) is 1.80. The molecule has 0 N–H and O–H groups in total. The Balaban J connectivity index is 0. The molecule has 0 unspecified atom stereocenters. The molecule has 0 aromatic heterocycles. The fourth-order valence-corrected chi connectivity index (χ4v) is 0. The molecule has 0 amide bonds. The predicted molar refractivity (Wildman–Crippen MR) is 17.3 cm³/mol. The van der Waals surface area contributed by atoms with Crippen molar-refractivity contribution >= 4 is 81.9 Å². The third-order valence-electron chi connectivity index (χ3n) is 0. The zero-order chi connectivity index (χ0) is 0. The Kier molecular flexibility index (Phi) is 104. The van der Waals surface area contributed by atoms with Crippen LogP contribution in [0.25, 0.3) is 0 Å². The van der Waals surface area contributed by atoms with Gasteiger partial charge in [0.25, 0.3) is 0 Å². The molecule has 0 saturated heterocycles. The summed E-state index contributed by atoms with van der Waals surface area (Å²) in [6, 6.07) is 0. The Morgan fingerprint density at radius 2 is 0.500 bits per heavy atom. The van der Waals surface area contributed by atoms with Crippen LogP contribution in [-0.4, -0.2) is 81.9 Å². The van der Waals surface area contributed by atoms with Crippen LogP contribution in [0.2, 0.25) is 0 Å². The molecule has 0 spiro atoms. The molecule has 0 heterocycles. The second kappa shape index (κ2) is 16.0. The molecular formula is AuPb3. The Morgan fingerprint density at radius 1 is 0.500 bits per heavy atom. The van der Waals surface area contributed by atoms with E-state index < -0.39 is 0 Å². The average molecular weight is 819 g/mol. The van der Waals surface area contributed by atoms with Crippen molar-refractivity contribution < 1.29 is 22.4 Å². The van der Waals surface area contributed by atoms with Crippen molar-refractivity contribution in [2.45, 2.75) is 0 Å². The molecule has 4 heteroatoms. The third-order valence-corrected chi connectivity index (χ3v) is 0. The SMILES string of the molecule is [Au].[Pb].[Pb].[Pb]. The van der Waals surface area contributed by atoms with Gasteiger partial charge in [-0.15, -0.1) is 0 Å². The monoisotopic (exact) mass is 821 g/mol. The van der Waals surface area contributed by atoms with Crippen molar-refractivity contribution in [2.75, 3.05) is 0 Å². The van der Waals surface area contributed by atoms with Crippen LogP contribution < -0.4 is 0 Å². The average Bonchev–Trinajstić information content (AvgIpc) is 0. The summed E-state index contributed by atoms with van der Waals surface area (Å²) in [4.78, 5) is 0. The molecule has 0 aliphatic rings. The summed E-state index contributed by atoms with van der Waals surface area (Å²) in [5.74, 6) is 0. The minimum Gasteiger partial charge on any atom is 0 e. The van der Waals surface area contributed by atoms with Gasteiger partial charge in [-0.05, 0) is 0 Å². The maximum atomic E-state index is 0.